The van der Waals surface area contributed by atoms with Gasteiger partial charge in [0.25, 0.3) is 0 Å². The zero-order valence-electron chi connectivity index (χ0n) is 5.21. The van der Waals surface area contributed by atoms with Crippen molar-refractivity contribution in [1.29, 1.82) is 0 Å². The van der Waals surface area contributed by atoms with Crippen LogP contribution in [0.15, 0.2) is 23.1 Å². The van der Waals surface area contributed by atoms with Crippen LogP contribution in [0.5, 0.6) is 0 Å². The summed E-state index contributed by atoms with van der Waals surface area (Å²) in [5.41, 5.74) is 0. The van der Waals surface area contributed by atoms with Gasteiger partial charge in [0.05, 0.1) is 9.92 Å². The van der Waals surface area contributed by atoms with E-state index in [2.05, 4.69) is 0 Å². The molecule has 1 atom stereocenters. The van der Waals surface area contributed by atoms with E-state index < -0.39 is 21.8 Å². The molecule has 0 heterocycles. The Morgan fingerprint density at radius 1 is 1.55 bits per heavy atom. The van der Waals surface area contributed by atoms with Gasteiger partial charge in [-0.25, -0.2) is 4.39 Å². The highest BCUT2D eigenvalue weighted by atomic mass is 35.5. The molecule has 0 aromatic heterocycles. The first kappa shape index (κ1) is 8.64. The second-order valence-electron chi connectivity index (χ2n) is 1.79. The van der Waals surface area contributed by atoms with E-state index in [4.69, 9.17) is 11.6 Å². The van der Waals surface area contributed by atoms with E-state index in [9.17, 15) is 13.2 Å². The molecule has 0 aliphatic heterocycles. The molecule has 1 aromatic rings. The average molecular weight is 194 g/mol. The Balaban J connectivity index is 3.32. The van der Waals surface area contributed by atoms with Crippen LogP contribution in [0.25, 0.3) is 0 Å². The summed E-state index contributed by atoms with van der Waals surface area (Å²) in [5, 5.41) is -0.0988. The van der Waals surface area contributed by atoms with Gasteiger partial charge in [-0.1, -0.05) is 17.7 Å². The van der Waals surface area contributed by atoms with Gasteiger partial charge in [-0.15, -0.1) is 0 Å². The molecule has 2 nitrogen and oxygen atoms in total. The second kappa shape index (κ2) is 3.30. The van der Waals surface area contributed by atoms with Crippen LogP contribution in [0.3, 0.4) is 0 Å². The number of hydrogen-bond acceptors (Lipinski definition) is 2. The molecule has 1 rings (SSSR count). The first-order valence-corrected chi connectivity index (χ1v) is 4.11. The van der Waals surface area contributed by atoms with Gasteiger partial charge in [0, 0.05) is 0 Å². The van der Waals surface area contributed by atoms with Gasteiger partial charge in [0.15, 0.2) is 0 Å². The molecular formula is C6H3ClFO2S-. The van der Waals surface area contributed by atoms with Gasteiger partial charge in [-0.2, -0.15) is 0 Å². The lowest BCUT2D eigenvalue weighted by Gasteiger charge is -2.07. The minimum absolute atomic E-state index is 0.0988. The fraction of sp³-hybridized carbons (Fsp3) is 0. The minimum atomic E-state index is -2.61. The van der Waals surface area contributed by atoms with Crippen LogP contribution in [-0.4, -0.2) is 8.76 Å². The zero-order chi connectivity index (χ0) is 8.43. The SMILES string of the molecule is O=S([O-])c1c(F)cccc1Cl. The van der Waals surface area contributed by atoms with Crippen molar-refractivity contribution < 1.29 is 13.2 Å². The molecule has 5 heteroatoms. The molecule has 0 bridgehead atoms. The van der Waals surface area contributed by atoms with Crippen LogP contribution in [0.1, 0.15) is 0 Å². The van der Waals surface area contributed by atoms with Gasteiger partial charge in [-0.05, 0) is 23.2 Å². The minimum Gasteiger partial charge on any atom is -0.768 e. The molecule has 0 radical (unpaired) electrons. The van der Waals surface area contributed by atoms with E-state index >= 15 is 0 Å². The molecular weight excluding hydrogens is 191 g/mol. The Morgan fingerprint density at radius 3 is 2.55 bits per heavy atom. The Hall–Kier alpha value is -0.450. The first-order valence-electron chi connectivity index (χ1n) is 2.66. The maximum absolute atomic E-state index is 12.6. The van der Waals surface area contributed by atoms with Crippen molar-refractivity contribution in [2.24, 2.45) is 0 Å². The normalized spacial score (nSPS) is 13.0. The van der Waals surface area contributed by atoms with Gasteiger partial charge < -0.3 is 4.55 Å². The molecule has 0 aliphatic carbocycles. The van der Waals surface area contributed by atoms with Crippen LogP contribution in [0.2, 0.25) is 5.02 Å². The van der Waals surface area contributed by atoms with E-state index in [1.807, 2.05) is 0 Å². The molecule has 60 valence electrons. The maximum Gasteiger partial charge on any atom is 0.139 e. The van der Waals surface area contributed by atoms with Gasteiger partial charge in [0.1, 0.15) is 5.82 Å². The summed E-state index contributed by atoms with van der Waals surface area (Å²) in [7, 11) is 0. The quantitative estimate of drug-likeness (QED) is 0.638. The monoisotopic (exact) mass is 193 g/mol. The molecule has 0 aliphatic rings. The molecule has 0 fully saturated rings. The third kappa shape index (κ3) is 1.77. The number of benzene rings is 1. The predicted molar refractivity (Wildman–Crippen MR) is 38.6 cm³/mol. The molecule has 1 unspecified atom stereocenters. The van der Waals surface area contributed by atoms with E-state index in [0.717, 1.165) is 6.07 Å². The van der Waals surface area contributed by atoms with Crippen molar-refractivity contribution in [2.45, 2.75) is 4.90 Å². The Bertz CT molecular complexity index is 282. The van der Waals surface area contributed by atoms with Crippen LogP contribution >= 0.6 is 11.6 Å². The highest BCUT2D eigenvalue weighted by Gasteiger charge is 2.05. The molecule has 0 spiro atoms. The van der Waals surface area contributed by atoms with Crippen LogP contribution < -0.4 is 0 Å². The highest BCUT2D eigenvalue weighted by molar-refractivity contribution is 7.79. The summed E-state index contributed by atoms with van der Waals surface area (Å²) in [4.78, 5) is -0.478. The predicted octanol–water partition coefficient (Wildman–Crippen LogP) is 1.72. The van der Waals surface area contributed by atoms with Crippen molar-refractivity contribution in [3.8, 4) is 0 Å². The molecule has 11 heavy (non-hydrogen) atoms. The fourth-order valence-corrected chi connectivity index (χ4v) is 1.45. The van der Waals surface area contributed by atoms with Crippen molar-refractivity contribution in [3.63, 3.8) is 0 Å². The van der Waals surface area contributed by atoms with Crippen LogP contribution in [0, 0.1) is 5.82 Å². The Labute approximate surface area is 70.3 Å². The largest absolute Gasteiger partial charge is 0.768 e. The van der Waals surface area contributed by atoms with Crippen molar-refractivity contribution in [1.82, 2.24) is 0 Å². The van der Waals surface area contributed by atoms with E-state index in [0.29, 0.717) is 0 Å². The lowest BCUT2D eigenvalue weighted by Crippen LogP contribution is -1.94. The zero-order valence-corrected chi connectivity index (χ0v) is 6.79. The summed E-state index contributed by atoms with van der Waals surface area (Å²) in [6, 6.07) is 3.70. The Morgan fingerprint density at radius 2 is 2.18 bits per heavy atom. The lowest BCUT2D eigenvalue weighted by molar-refractivity contribution is 0.523. The summed E-state index contributed by atoms with van der Waals surface area (Å²) >= 11 is 2.78. The fourth-order valence-electron chi connectivity index (χ4n) is 0.642. The third-order valence-corrected chi connectivity index (χ3v) is 2.26. The van der Waals surface area contributed by atoms with Crippen molar-refractivity contribution >= 4 is 22.7 Å². The summed E-state index contributed by atoms with van der Waals surface area (Å²) < 4.78 is 33.3. The smallest absolute Gasteiger partial charge is 0.139 e. The third-order valence-electron chi connectivity index (χ3n) is 1.09. The topological polar surface area (TPSA) is 40.1 Å². The molecule has 1 aromatic carbocycles. The number of rotatable bonds is 1. The highest BCUT2D eigenvalue weighted by Crippen LogP contribution is 2.21. The number of hydrogen-bond donors (Lipinski definition) is 0. The summed E-state index contributed by atoms with van der Waals surface area (Å²) in [6.45, 7) is 0. The summed E-state index contributed by atoms with van der Waals surface area (Å²) in [5.74, 6) is -0.828. The maximum atomic E-state index is 12.6. The number of halogens is 2. The van der Waals surface area contributed by atoms with E-state index in [-0.39, 0.29) is 5.02 Å². The van der Waals surface area contributed by atoms with Gasteiger partial charge >= 0.3 is 0 Å². The van der Waals surface area contributed by atoms with Crippen LogP contribution in [-0.2, 0) is 11.1 Å². The molecule has 0 saturated carbocycles. The average Bonchev–Trinajstić information content (AvgIpc) is 1.85. The van der Waals surface area contributed by atoms with Crippen molar-refractivity contribution in [2.75, 3.05) is 0 Å². The standard InChI is InChI=1S/C6H4ClFO2S/c7-4-2-1-3-5(8)6(4)11(9)10/h1-3H,(H,9,10)/p-1. The molecule has 0 amide bonds. The van der Waals surface area contributed by atoms with Crippen LogP contribution in [0.4, 0.5) is 4.39 Å². The van der Waals surface area contributed by atoms with E-state index in [1.165, 1.54) is 12.1 Å². The molecule has 0 N–H and O–H groups in total. The van der Waals surface area contributed by atoms with Gasteiger partial charge in [-0.3, -0.25) is 4.21 Å². The first-order chi connectivity index (χ1) is 5.13. The lowest BCUT2D eigenvalue weighted by atomic mass is 10.3. The second-order valence-corrected chi connectivity index (χ2v) is 3.07. The van der Waals surface area contributed by atoms with Crippen molar-refractivity contribution in [3.05, 3.63) is 29.0 Å². The summed E-state index contributed by atoms with van der Waals surface area (Å²) in [6.07, 6.45) is 0. The molecule has 0 saturated heterocycles. The van der Waals surface area contributed by atoms with Gasteiger partial charge in [0.2, 0.25) is 0 Å². The Kier molecular flexibility index (Phi) is 2.59. The van der Waals surface area contributed by atoms with E-state index in [1.54, 1.807) is 0 Å².